The monoisotopic (exact) mass is 325 g/mol. The second-order valence-electron chi connectivity index (χ2n) is 6.64. The van der Waals surface area contributed by atoms with Crippen LogP contribution in [0.25, 0.3) is 0 Å². The number of morpholine rings is 1. The summed E-state index contributed by atoms with van der Waals surface area (Å²) in [6, 6.07) is 7.96. The van der Waals surface area contributed by atoms with Gasteiger partial charge in [-0.3, -0.25) is 9.88 Å². The molecule has 0 saturated carbocycles. The van der Waals surface area contributed by atoms with Gasteiger partial charge >= 0.3 is 0 Å². The van der Waals surface area contributed by atoms with Crippen LogP contribution in [-0.2, 0) is 11.3 Å². The minimum atomic E-state index is -0.121. The Balaban J connectivity index is 1.45. The molecule has 6 heteroatoms. The summed E-state index contributed by atoms with van der Waals surface area (Å²) in [5, 5.41) is 0. The molecule has 1 unspecified atom stereocenters. The van der Waals surface area contributed by atoms with Crippen LogP contribution < -0.4 is 4.90 Å². The molecule has 4 rings (SSSR count). The maximum Gasteiger partial charge on any atom is 0.225 e. The third-order valence-corrected chi connectivity index (χ3v) is 4.81. The molecule has 6 nitrogen and oxygen atoms in total. The van der Waals surface area contributed by atoms with Gasteiger partial charge in [-0.15, -0.1) is 0 Å². The minimum Gasteiger partial charge on any atom is -0.370 e. The number of hydrogen-bond acceptors (Lipinski definition) is 6. The number of ether oxygens (including phenoxy) is 1. The van der Waals surface area contributed by atoms with E-state index in [2.05, 4.69) is 30.8 Å². The van der Waals surface area contributed by atoms with E-state index in [9.17, 15) is 0 Å². The molecule has 2 fully saturated rings. The first-order valence-corrected chi connectivity index (χ1v) is 8.61. The van der Waals surface area contributed by atoms with Gasteiger partial charge in [0.25, 0.3) is 0 Å². The van der Waals surface area contributed by atoms with Gasteiger partial charge in [-0.2, -0.15) is 0 Å². The second-order valence-corrected chi connectivity index (χ2v) is 6.64. The Morgan fingerprint density at radius 2 is 1.88 bits per heavy atom. The summed E-state index contributed by atoms with van der Waals surface area (Å²) < 4.78 is 6.27. The molecule has 0 aromatic carbocycles. The fraction of sp³-hybridized carbons (Fsp3) is 0.500. The number of rotatable bonds is 3. The highest BCUT2D eigenvalue weighted by molar-refractivity contribution is 5.31. The van der Waals surface area contributed by atoms with E-state index in [1.165, 1.54) is 0 Å². The largest absolute Gasteiger partial charge is 0.370 e. The highest BCUT2D eigenvalue weighted by Crippen LogP contribution is 2.30. The molecule has 24 heavy (non-hydrogen) atoms. The summed E-state index contributed by atoms with van der Waals surface area (Å²) in [7, 11) is 0. The Labute approximate surface area is 142 Å². The Kier molecular flexibility index (Phi) is 4.40. The highest BCUT2D eigenvalue weighted by atomic mass is 16.5. The molecule has 0 radical (unpaired) electrons. The van der Waals surface area contributed by atoms with Crippen LogP contribution >= 0.6 is 0 Å². The number of hydrogen-bond donors (Lipinski definition) is 0. The zero-order valence-corrected chi connectivity index (χ0v) is 13.8. The Morgan fingerprint density at radius 1 is 1.00 bits per heavy atom. The summed E-state index contributed by atoms with van der Waals surface area (Å²) in [5.41, 5.74) is 0.999. The molecule has 2 aliphatic heterocycles. The maximum absolute atomic E-state index is 6.27. The van der Waals surface area contributed by atoms with Crippen molar-refractivity contribution in [3.63, 3.8) is 0 Å². The molecule has 2 aromatic rings. The van der Waals surface area contributed by atoms with Gasteiger partial charge < -0.3 is 9.64 Å². The average molecular weight is 325 g/mol. The Bertz CT molecular complexity index is 649. The van der Waals surface area contributed by atoms with Gasteiger partial charge in [-0.1, -0.05) is 6.07 Å². The number of nitrogens with zero attached hydrogens (tertiary/aromatic N) is 5. The number of piperidine rings is 1. The first-order chi connectivity index (χ1) is 11.8. The van der Waals surface area contributed by atoms with Gasteiger partial charge in [0.15, 0.2) is 0 Å². The first kappa shape index (κ1) is 15.5. The van der Waals surface area contributed by atoms with Crippen molar-refractivity contribution >= 4 is 5.95 Å². The minimum absolute atomic E-state index is 0.121. The van der Waals surface area contributed by atoms with Gasteiger partial charge in [0.1, 0.15) is 0 Å². The van der Waals surface area contributed by atoms with Gasteiger partial charge in [0, 0.05) is 44.8 Å². The zero-order chi connectivity index (χ0) is 16.2. The van der Waals surface area contributed by atoms with Gasteiger partial charge in [0.2, 0.25) is 5.95 Å². The predicted octanol–water partition coefficient (Wildman–Crippen LogP) is 1.74. The number of pyridine rings is 1. The molecule has 126 valence electrons. The third-order valence-electron chi connectivity index (χ3n) is 4.81. The van der Waals surface area contributed by atoms with E-state index in [0.717, 1.165) is 63.8 Å². The lowest BCUT2D eigenvalue weighted by molar-refractivity contribution is -0.116. The summed E-state index contributed by atoms with van der Waals surface area (Å²) in [6.07, 6.45) is 7.67. The van der Waals surface area contributed by atoms with E-state index >= 15 is 0 Å². The molecule has 0 amide bonds. The Hall–Kier alpha value is -2.05. The van der Waals surface area contributed by atoms with E-state index in [1.807, 2.05) is 24.4 Å². The average Bonchev–Trinajstić information content (AvgIpc) is 2.63. The molecule has 0 N–H and O–H groups in total. The van der Waals surface area contributed by atoms with Crippen LogP contribution in [0.5, 0.6) is 0 Å². The number of aromatic nitrogens is 3. The van der Waals surface area contributed by atoms with Crippen LogP contribution in [-0.4, -0.2) is 58.2 Å². The van der Waals surface area contributed by atoms with Crippen LogP contribution in [0.1, 0.15) is 18.5 Å². The van der Waals surface area contributed by atoms with Crippen LogP contribution in [0, 0.1) is 0 Å². The van der Waals surface area contributed by atoms with Crippen molar-refractivity contribution in [2.75, 3.05) is 37.7 Å². The second kappa shape index (κ2) is 6.83. The lowest BCUT2D eigenvalue weighted by atomic mass is 9.90. The van der Waals surface area contributed by atoms with E-state index in [4.69, 9.17) is 4.74 Å². The summed E-state index contributed by atoms with van der Waals surface area (Å²) >= 11 is 0. The SMILES string of the molecule is c1ccc(CN2CCOC3(CCCN(c4ncccn4)C3)C2)nc1. The van der Waals surface area contributed by atoms with Crippen molar-refractivity contribution in [1.29, 1.82) is 0 Å². The van der Waals surface area contributed by atoms with Crippen molar-refractivity contribution < 1.29 is 4.74 Å². The third kappa shape index (κ3) is 3.39. The van der Waals surface area contributed by atoms with Gasteiger partial charge in [-0.05, 0) is 31.0 Å². The van der Waals surface area contributed by atoms with Crippen LogP contribution in [0.3, 0.4) is 0 Å². The van der Waals surface area contributed by atoms with Crippen molar-refractivity contribution in [3.8, 4) is 0 Å². The maximum atomic E-state index is 6.27. The van der Waals surface area contributed by atoms with Crippen LogP contribution in [0.15, 0.2) is 42.9 Å². The standard InChI is InChI=1S/C18H23N5O/c1-2-7-19-16(5-1)13-22-11-12-24-18(14-22)6-3-10-23(15-18)17-20-8-4-9-21-17/h1-2,4-5,7-9H,3,6,10-15H2. The fourth-order valence-corrected chi connectivity index (χ4v) is 3.75. The van der Waals surface area contributed by atoms with Crippen molar-refractivity contribution in [3.05, 3.63) is 48.5 Å². The van der Waals surface area contributed by atoms with Crippen molar-refractivity contribution in [2.45, 2.75) is 25.0 Å². The zero-order valence-electron chi connectivity index (χ0n) is 13.8. The molecular formula is C18H23N5O. The molecule has 1 atom stereocenters. The number of anilines is 1. The summed E-state index contributed by atoms with van der Waals surface area (Å²) in [6.45, 7) is 5.41. The lowest BCUT2D eigenvalue weighted by Gasteiger charge is -2.48. The molecular weight excluding hydrogens is 302 g/mol. The predicted molar refractivity (Wildman–Crippen MR) is 91.7 cm³/mol. The summed E-state index contributed by atoms with van der Waals surface area (Å²) in [5.74, 6) is 0.807. The first-order valence-electron chi connectivity index (χ1n) is 8.61. The van der Waals surface area contributed by atoms with Gasteiger partial charge in [-0.25, -0.2) is 9.97 Å². The van der Waals surface area contributed by atoms with E-state index < -0.39 is 0 Å². The normalized spacial score (nSPS) is 25.1. The summed E-state index contributed by atoms with van der Waals surface area (Å²) in [4.78, 5) is 18.0. The smallest absolute Gasteiger partial charge is 0.225 e. The molecule has 0 aliphatic carbocycles. The molecule has 2 aromatic heterocycles. The Morgan fingerprint density at radius 3 is 2.71 bits per heavy atom. The fourth-order valence-electron chi connectivity index (χ4n) is 3.75. The molecule has 0 bridgehead atoms. The van der Waals surface area contributed by atoms with Crippen LogP contribution in [0.4, 0.5) is 5.95 Å². The van der Waals surface area contributed by atoms with Gasteiger partial charge in [0.05, 0.1) is 24.4 Å². The molecule has 1 spiro atoms. The molecule has 2 aliphatic rings. The topological polar surface area (TPSA) is 54.4 Å². The van der Waals surface area contributed by atoms with E-state index in [0.29, 0.717) is 0 Å². The highest BCUT2D eigenvalue weighted by Gasteiger charge is 2.41. The van der Waals surface area contributed by atoms with Crippen molar-refractivity contribution in [2.24, 2.45) is 0 Å². The lowest BCUT2D eigenvalue weighted by Crippen LogP contribution is -2.59. The van der Waals surface area contributed by atoms with E-state index in [1.54, 1.807) is 12.4 Å². The molecule has 4 heterocycles. The van der Waals surface area contributed by atoms with Crippen LogP contribution in [0.2, 0.25) is 0 Å². The van der Waals surface area contributed by atoms with Crippen molar-refractivity contribution in [1.82, 2.24) is 19.9 Å². The molecule has 2 saturated heterocycles. The van der Waals surface area contributed by atoms with E-state index in [-0.39, 0.29) is 5.60 Å². The quantitative estimate of drug-likeness (QED) is 0.857.